The lowest BCUT2D eigenvalue weighted by Gasteiger charge is -2.12. The van der Waals surface area contributed by atoms with Crippen molar-refractivity contribution in [3.8, 4) is 0 Å². The van der Waals surface area contributed by atoms with Crippen LogP contribution in [0.3, 0.4) is 0 Å². The lowest BCUT2D eigenvalue weighted by Crippen LogP contribution is -2.15. The Labute approximate surface area is 175 Å². The van der Waals surface area contributed by atoms with E-state index in [0.29, 0.717) is 31.3 Å². The highest BCUT2D eigenvalue weighted by molar-refractivity contribution is 6.36. The van der Waals surface area contributed by atoms with E-state index in [0.717, 1.165) is 0 Å². The van der Waals surface area contributed by atoms with Crippen molar-refractivity contribution in [1.82, 2.24) is 0 Å². The third-order valence-corrected chi connectivity index (χ3v) is 4.72. The normalized spacial score (nSPS) is 10.5. The Hall–Kier alpha value is -2.04. The molecule has 27 heavy (non-hydrogen) atoms. The van der Waals surface area contributed by atoms with Crippen LogP contribution in [0.4, 0.5) is 5.69 Å². The number of ketones is 1. The van der Waals surface area contributed by atoms with Crippen LogP contribution in [-0.4, -0.2) is 11.7 Å². The highest BCUT2D eigenvalue weighted by Gasteiger charge is 2.19. The molecule has 0 spiro atoms. The predicted octanol–water partition coefficient (Wildman–Crippen LogP) is 6.78. The number of carbonyl (C=O) groups is 2. The van der Waals surface area contributed by atoms with Gasteiger partial charge in [0.15, 0.2) is 5.78 Å². The molecule has 0 aliphatic carbocycles. The van der Waals surface area contributed by atoms with Crippen molar-refractivity contribution in [3.05, 3.63) is 97.4 Å². The monoisotopic (exact) mass is 437 g/mol. The molecule has 0 fully saturated rings. The zero-order valence-corrected chi connectivity index (χ0v) is 16.6. The molecule has 0 heterocycles. The predicted molar refractivity (Wildman–Crippen MR) is 111 cm³/mol. The molecule has 3 aromatic rings. The van der Waals surface area contributed by atoms with Crippen molar-refractivity contribution in [2.45, 2.75) is 0 Å². The fourth-order valence-electron chi connectivity index (χ4n) is 2.48. The van der Waals surface area contributed by atoms with Crippen LogP contribution in [-0.2, 0) is 0 Å². The minimum atomic E-state index is -0.463. The van der Waals surface area contributed by atoms with Crippen molar-refractivity contribution in [1.29, 1.82) is 0 Å². The van der Waals surface area contributed by atoms with Crippen LogP contribution in [0.5, 0.6) is 0 Å². The molecule has 1 amide bonds. The first kappa shape index (κ1) is 19.7. The smallest absolute Gasteiger partial charge is 0.255 e. The van der Waals surface area contributed by atoms with Crippen LogP contribution in [0.25, 0.3) is 0 Å². The SMILES string of the molecule is O=C(Nc1ccc(Cl)cc1C(=O)c1ccccc1Cl)c1cc(Cl)cc(Cl)c1. The second-order valence-electron chi connectivity index (χ2n) is 5.61. The number of benzene rings is 3. The maximum Gasteiger partial charge on any atom is 0.255 e. The summed E-state index contributed by atoms with van der Waals surface area (Å²) < 4.78 is 0. The van der Waals surface area contributed by atoms with Gasteiger partial charge in [0.2, 0.25) is 0 Å². The maximum atomic E-state index is 12.9. The van der Waals surface area contributed by atoms with Gasteiger partial charge < -0.3 is 5.32 Å². The van der Waals surface area contributed by atoms with Gasteiger partial charge in [-0.25, -0.2) is 0 Å². The lowest BCUT2D eigenvalue weighted by atomic mass is 10.0. The summed E-state index contributed by atoms with van der Waals surface area (Å²) in [7, 11) is 0. The Morgan fingerprint density at radius 1 is 0.704 bits per heavy atom. The van der Waals surface area contributed by atoms with E-state index in [-0.39, 0.29) is 16.9 Å². The molecule has 0 unspecified atom stereocenters. The number of hydrogen-bond acceptors (Lipinski definition) is 2. The molecule has 0 atom stereocenters. The van der Waals surface area contributed by atoms with Gasteiger partial charge in [0.05, 0.1) is 10.7 Å². The van der Waals surface area contributed by atoms with Gasteiger partial charge >= 0.3 is 0 Å². The third-order valence-electron chi connectivity index (χ3n) is 3.72. The van der Waals surface area contributed by atoms with Crippen LogP contribution in [0.15, 0.2) is 60.7 Å². The van der Waals surface area contributed by atoms with E-state index in [1.54, 1.807) is 36.4 Å². The summed E-state index contributed by atoms with van der Waals surface area (Å²) in [6, 6.07) is 15.7. The quantitative estimate of drug-likeness (QED) is 0.456. The standard InChI is InChI=1S/C20H11Cl4NO2/c21-12-5-6-18(25-20(27)11-7-13(22)9-14(23)8-11)16(10-12)19(26)15-3-1-2-4-17(15)24/h1-10H,(H,25,27). The second kappa shape index (κ2) is 8.32. The molecule has 0 saturated heterocycles. The number of hydrogen-bond donors (Lipinski definition) is 1. The van der Waals surface area contributed by atoms with Gasteiger partial charge in [-0.3, -0.25) is 9.59 Å². The van der Waals surface area contributed by atoms with Crippen molar-refractivity contribution < 1.29 is 9.59 Å². The summed E-state index contributed by atoms with van der Waals surface area (Å²) in [6.45, 7) is 0. The van der Waals surface area contributed by atoms with E-state index in [9.17, 15) is 9.59 Å². The van der Waals surface area contributed by atoms with Gasteiger partial charge in [-0.1, -0.05) is 58.5 Å². The summed E-state index contributed by atoms with van der Waals surface area (Å²) in [6.07, 6.45) is 0. The number of carbonyl (C=O) groups excluding carboxylic acids is 2. The van der Waals surface area contributed by atoms with Crippen LogP contribution >= 0.6 is 46.4 Å². The molecule has 0 saturated carbocycles. The Kier molecular flexibility index (Phi) is 6.08. The van der Waals surface area contributed by atoms with Crippen molar-refractivity contribution >= 4 is 63.8 Å². The van der Waals surface area contributed by atoms with Crippen LogP contribution < -0.4 is 5.32 Å². The first-order valence-electron chi connectivity index (χ1n) is 7.71. The number of rotatable bonds is 4. The summed E-state index contributed by atoms with van der Waals surface area (Å²) in [5.41, 5.74) is 1.09. The molecular weight excluding hydrogens is 428 g/mol. The molecule has 3 rings (SSSR count). The van der Waals surface area contributed by atoms with E-state index in [1.165, 1.54) is 24.3 Å². The van der Waals surface area contributed by atoms with Gasteiger partial charge in [-0.05, 0) is 48.5 Å². The first-order chi connectivity index (χ1) is 12.8. The first-order valence-corrected chi connectivity index (χ1v) is 9.22. The van der Waals surface area contributed by atoms with Gasteiger partial charge in [0.25, 0.3) is 5.91 Å². The molecule has 1 N–H and O–H groups in total. The molecule has 0 aromatic heterocycles. The zero-order valence-electron chi connectivity index (χ0n) is 13.6. The summed E-state index contributed by atoms with van der Waals surface area (Å²) in [4.78, 5) is 25.5. The van der Waals surface area contributed by atoms with Crippen molar-refractivity contribution in [2.75, 3.05) is 5.32 Å². The molecule has 0 aliphatic heterocycles. The van der Waals surface area contributed by atoms with E-state index >= 15 is 0 Å². The molecule has 0 radical (unpaired) electrons. The van der Waals surface area contributed by atoms with Crippen LogP contribution in [0.2, 0.25) is 20.1 Å². The number of anilines is 1. The molecule has 0 aliphatic rings. The Balaban J connectivity index is 1.98. The molecule has 3 aromatic carbocycles. The van der Waals surface area contributed by atoms with Gasteiger partial charge in [-0.15, -0.1) is 0 Å². The fourth-order valence-corrected chi connectivity index (χ4v) is 3.40. The van der Waals surface area contributed by atoms with E-state index in [2.05, 4.69) is 5.32 Å². The molecule has 7 heteroatoms. The molecular formula is C20H11Cl4NO2. The number of nitrogens with one attached hydrogen (secondary N) is 1. The average Bonchev–Trinajstić information content (AvgIpc) is 2.62. The van der Waals surface area contributed by atoms with E-state index < -0.39 is 5.91 Å². The second-order valence-corrected chi connectivity index (χ2v) is 7.33. The highest BCUT2D eigenvalue weighted by atomic mass is 35.5. The molecule has 0 bridgehead atoms. The average molecular weight is 439 g/mol. The fraction of sp³-hybridized carbons (Fsp3) is 0. The Morgan fingerprint density at radius 3 is 2.04 bits per heavy atom. The number of halogens is 4. The van der Waals surface area contributed by atoms with Crippen molar-refractivity contribution in [2.24, 2.45) is 0 Å². The topological polar surface area (TPSA) is 46.2 Å². The summed E-state index contributed by atoms with van der Waals surface area (Å²) in [5.74, 6) is -0.822. The van der Waals surface area contributed by atoms with Gasteiger partial charge in [0, 0.05) is 31.8 Å². The van der Waals surface area contributed by atoms with Crippen LogP contribution in [0.1, 0.15) is 26.3 Å². The minimum Gasteiger partial charge on any atom is -0.321 e. The summed E-state index contributed by atoms with van der Waals surface area (Å²) >= 11 is 24.1. The lowest BCUT2D eigenvalue weighted by molar-refractivity contribution is 0.102. The molecule has 3 nitrogen and oxygen atoms in total. The minimum absolute atomic E-state index is 0.220. The number of amides is 1. The maximum absolute atomic E-state index is 12.9. The molecule has 136 valence electrons. The Bertz CT molecular complexity index is 1030. The van der Waals surface area contributed by atoms with Gasteiger partial charge in [0.1, 0.15) is 0 Å². The third kappa shape index (κ3) is 4.63. The van der Waals surface area contributed by atoms with Crippen LogP contribution in [0, 0.1) is 0 Å². The highest BCUT2D eigenvalue weighted by Crippen LogP contribution is 2.27. The van der Waals surface area contributed by atoms with E-state index in [1.807, 2.05) is 0 Å². The van der Waals surface area contributed by atoms with E-state index in [4.69, 9.17) is 46.4 Å². The zero-order chi connectivity index (χ0) is 19.6. The summed E-state index contributed by atoms with van der Waals surface area (Å²) in [5, 5.41) is 4.02. The van der Waals surface area contributed by atoms with Crippen molar-refractivity contribution in [3.63, 3.8) is 0 Å². The van der Waals surface area contributed by atoms with Gasteiger partial charge in [-0.2, -0.15) is 0 Å². The largest absolute Gasteiger partial charge is 0.321 e. The Morgan fingerprint density at radius 2 is 1.37 bits per heavy atom.